The Morgan fingerprint density at radius 3 is 2.81 bits per heavy atom. The summed E-state index contributed by atoms with van der Waals surface area (Å²) in [6.45, 7) is 3.53. The summed E-state index contributed by atoms with van der Waals surface area (Å²) < 4.78 is 20.9. The summed E-state index contributed by atoms with van der Waals surface area (Å²) in [6.07, 6.45) is 4.87. The zero-order valence-electron chi connectivity index (χ0n) is 23.3. The molecule has 10 nitrogen and oxygen atoms in total. The highest BCUT2D eigenvalue weighted by Crippen LogP contribution is 2.31. The molecule has 2 amide bonds. The van der Waals surface area contributed by atoms with Gasteiger partial charge in [0.05, 0.1) is 53.6 Å². The average molecular weight is 593 g/mol. The van der Waals surface area contributed by atoms with E-state index in [0.29, 0.717) is 53.3 Å². The maximum atomic E-state index is 14.7. The Kier molecular flexibility index (Phi) is 8.39. The average Bonchev–Trinajstić information content (AvgIpc) is 3.60. The van der Waals surface area contributed by atoms with E-state index < -0.39 is 17.8 Å². The van der Waals surface area contributed by atoms with Crippen LogP contribution in [0.2, 0.25) is 5.02 Å². The summed E-state index contributed by atoms with van der Waals surface area (Å²) in [6, 6.07) is 9.48. The molecule has 0 aliphatic carbocycles. The topological polar surface area (TPSA) is 131 Å². The number of aromatic nitrogens is 4. The molecule has 2 aromatic heterocycles. The van der Waals surface area contributed by atoms with Crippen LogP contribution in [-0.2, 0) is 20.7 Å². The lowest BCUT2D eigenvalue weighted by molar-refractivity contribution is -0.139. The number of ether oxygens (including phenoxy) is 1. The molecule has 2 aromatic carbocycles. The van der Waals surface area contributed by atoms with Crippen molar-refractivity contribution in [3.63, 3.8) is 0 Å². The largest absolute Gasteiger partial charge is 0.469 e. The lowest BCUT2D eigenvalue weighted by Gasteiger charge is -2.20. The van der Waals surface area contributed by atoms with E-state index in [9.17, 15) is 18.8 Å². The number of rotatable bonds is 5. The molecule has 3 N–H and O–H groups in total. The van der Waals surface area contributed by atoms with Crippen LogP contribution in [0, 0.1) is 18.7 Å². The number of aromatic amines is 1. The van der Waals surface area contributed by atoms with Crippen LogP contribution in [0.5, 0.6) is 0 Å². The molecule has 42 heavy (non-hydrogen) atoms. The van der Waals surface area contributed by atoms with E-state index in [2.05, 4.69) is 25.6 Å². The molecule has 1 aliphatic rings. The monoisotopic (exact) mass is 592 g/mol. The van der Waals surface area contributed by atoms with Crippen LogP contribution in [0.15, 0.2) is 48.9 Å². The van der Waals surface area contributed by atoms with Crippen molar-refractivity contribution in [2.24, 2.45) is 5.92 Å². The Hall–Kier alpha value is -4.51. The zero-order valence-corrected chi connectivity index (χ0v) is 24.1. The molecular weight excluding hydrogens is 563 g/mol. The number of benzene rings is 2. The second-order valence-corrected chi connectivity index (χ2v) is 10.7. The number of carbonyl (C=O) groups is 3. The van der Waals surface area contributed by atoms with Gasteiger partial charge in [-0.3, -0.25) is 19.0 Å². The molecule has 0 radical (unpaired) electrons. The number of hydrogen-bond donors (Lipinski definition) is 3. The van der Waals surface area contributed by atoms with Gasteiger partial charge < -0.3 is 20.4 Å². The number of fused-ring (bicyclic) bond motifs is 4. The second kappa shape index (κ2) is 12.2. The molecule has 0 unspecified atom stereocenters. The number of esters is 1. The number of H-pyrrole nitrogens is 1. The van der Waals surface area contributed by atoms with Crippen molar-refractivity contribution in [1.82, 2.24) is 24.8 Å². The van der Waals surface area contributed by atoms with Crippen molar-refractivity contribution in [3.05, 3.63) is 82.4 Å². The van der Waals surface area contributed by atoms with Gasteiger partial charge in [-0.2, -0.15) is 0 Å². The molecule has 3 heterocycles. The molecule has 1 aliphatic heterocycles. The van der Waals surface area contributed by atoms with Crippen molar-refractivity contribution in [3.8, 4) is 17.1 Å². The van der Waals surface area contributed by atoms with Gasteiger partial charge in [0, 0.05) is 11.5 Å². The fourth-order valence-electron chi connectivity index (χ4n) is 5.00. The predicted octanol–water partition coefficient (Wildman–Crippen LogP) is 5.31. The van der Waals surface area contributed by atoms with Crippen molar-refractivity contribution >= 4 is 35.1 Å². The van der Waals surface area contributed by atoms with E-state index >= 15 is 0 Å². The summed E-state index contributed by atoms with van der Waals surface area (Å²) in [5, 5.41) is 6.00. The Morgan fingerprint density at radius 1 is 1.21 bits per heavy atom. The van der Waals surface area contributed by atoms with Gasteiger partial charge in [0.1, 0.15) is 17.8 Å². The first-order valence-corrected chi connectivity index (χ1v) is 13.9. The normalized spacial score (nSPS) is 16.9. The van der Waals surface area contributed by atoms with Gasteiger partial charge in [-0.05, 0) is 49.6 Å². The third-order valence-corrected chi connectivity index (χ3v) is 7.73. The van der Waals surface area contributed by atoms with Crippen LogP contribution in [0.4, 0.5) is 10.1 Å². The lowest BCUT2D eigenvalue weighted by Crippen LogP contribution is -2.30. The van der Waals surface area contributed by atoms with Crippen LogP contribution in [0.3, 0.4) is 0 Å². The first-order valence-electron chi connectivity index (χ1n) is 13.5. The van der Waals surface area contributed by atoms with Gasteiger partial charge >= 0.3 is 5.97 Å². The van der Waals surface area contributed by atoms with Gasteiger partial charge in [-0.15, -0.1) is 0 Å². The zero-order chi connectivity index (χ0) is 30.0. The van der Waals surface area contributed by atoms with Crippen molar-refractivity contribution in [2.45, 2.75) is 45.6 Å². The van der Waals surface area contributed by atoms with Crippen LogP contribution < -0.4 is 10.6 Å². The van der Waals surface area contributed by atoms with Gasteiger partial charge in [0.15, 0.2) is 5.82 Å². The number of hydrogen-bond acceptors (Lipinski definition) is 6. The van der Waals surface area contributed by atoms with Crippen molar-refractivity contribution < 1.29 is 23.5 Å². The molecule has 12 heteroatoms. The Bertz CT molecular complexity index is 1670. The summed E-state index contributed by atoms with van der Waals surface area (Å²) in [4.78, 5) is 50.4. The van der Waals surface area contributed by atoms with Crippen molar-refractivity contribution in [2.75, 3.05) is 12.4 Å². The van der Waals surface area contributed by atoms with Gasteiger partial charge in [0.2, 0.25) is 5.91 Å². The summed E-state index contributed by atoms with van der Waals surface area (Å²) in [7, 11) is 1.32. The first kappa shape index (κ1) is 29.0. The van der Waals surface area contributed by atoms with E-state index in [1.165, 1.54) is 24.1 Å². The molecule has 0 spiro atoms. The minimum Gasteiger partial charge on any atom is -0.469 e. The van der Waals surface area contributed by atoms with E-state index in [4.69, 9.17) is 16.3 Å². The number of imidazole rings is 2. The number of nitrogens with one attached hydrogen (secondary N) is 3. The van der Waals surface area contributed by atoms with Gasteiger partial charge in [0.25, 0.3) is 5.91 Å². The maximum absolute atomic E-state index is 14.7. The van der Waals surface area contributed by atoms with Crippen LogP contribution in [-0.4, -0.2) is 44.4 Å². The third-order valence-electron chi connectivity index (χ3n) is 7.44. The van der Waals surface area contributed by atoms with Crippen LogP contribution in [0.25, 0.3) is 17.1 Å². The predicted molar refractivity (Wildman–Crippen MR) is 155 cm³/mol. The number of methoxy groups -OCH3 is 1. The highest BCUT2D eigenvalue weighted by molar-refractivity contribution is 6.30. The van der Waals surface area contributed by atoms with E-state index in [-0.39, 0.29) is 40.6 Å². The maximum Gasteiger partial charge on any atom is 0.309 e. The smallest absolute Gasteiger partial charge is 0.309 e. The number of carbonyl (C=O) groups excluding carboxylic acids is 3. The van der Waals surface area contributed by atoms with Crippen molar-refractivity contribution in [1.29, 1.82) is 0 Å². The molecule has 0 saturated carbocycles. The Balaban J connectivity index is 1.45. The second-order valence-electron chi connectivity index (χ2n) is 10.3. The van der Waals surface area contributed by atoms with Crippen LogP contribution >= 0.6 is 11.6 Å². The molecule has 218 valence electrons. The highest BCUT2D eigenvalue weighted by Gasteiger charge is 2.25. The number of amides is 2. The quantitative estimate of drug-likeness (QED) is 0.269. The minimum absolute atomic E-state index is 0.0287. The van der Waals surface area contributed by atoms with E-state index in [0.717, 1.165) is 0 Å². The molecular formula is C30H30ClFN6O4. The SMILES string of the molecule is COC(=O)Cc1ccc2c(c1)NC(=O)[C@H](C)CCC[C@@H](NC(=O)c1ncn(-c3cccc(Cl)c3F)c1C)c1cnc-2[nH]1. The number of nitrogens with zero attached hydrogens (tertiary/aromatic N) is 3. The minimum atomic E-state index is -0.605. The fourth-order valence-corrected chi connectivity index (χ4v) is 5.17. The molecule has 2 atom stereocenters. The summed E-state index contributed by atoms with van der Waals surface area (Å²) in [5.74, 6) is -1.39. The lowest BCUT2D eigenvalue weighted by atomic mass is 9.98. The Labute approximate surface area is 246 Å². The highest BCUT2D eigenvalue weighted by atomic mass is 35.5. The molecule has 0 fully saturated rings. The summed E-state index contributed by atoms with van der Waals surface area (Å²) >= 11 is 5.95. The molecule has 5 rings (SSSR count). The Morgan fingerprint density at radius 2 is 2.02 bits per heavy atom. The van der Waals surface area contributed by atoms with Gasteiger partial charge in [-0.1, -0.05) is 37.1 Å². The summed E-state index contributed by atoms with van der Waals surface area (Å²) in [5.41, 5.74) is 3.32. The number of halogens is 2. The van der Waals surface area contributed by atoms with Gasteiger partial charge in [-0.25, -0.2) is 14.4 Å². The fraction of sp³-hybridized carbons (Fsp3) is 0.300. The standard InChI is InChI=1S/C30H30ClFN6O4/c1-16-6-4-8-21(36-30(41)27-17(2)38(15-34-27)24-9-5-7-20(31)26(24)32)23-14-33-28(35-23)19-11-10-18(13-25(39)42-3)12-22(19)37-29(16)40/h5,7,9-12,14-16,21H,4,6,8,13H2,1-3H3,(H,33,35)(H,36,41)(H,37,40)/t16-,21-/m1/s1. The molecule has 4 aromatic rings. The first-order chi connectivity index (χ1) is 20.2. The number of anilines is 1. The van der Waals surface area contributed by atoms with E-state index in [1.807, 2.05) is 6.92 Å². The molecule has 2 bridgehead atoms. The van der Waals surface area contributed by atoms with E-state index in [1.54, 1.807) is 43.5 Å². The van der Waals surface area contributed by atoms with Crippen LogP contribution in [0.1, 0.15) is 59.7 Å². The molecule has 0 saturated heterocycles. The third kappa shape index (κ3) is 5.91.